The monoisotopic (exact) mass is 465 g/mol. The van der Waals surface area contributed by atoms with Gasteiger partial charge in [-0.25, -0.2) is 0 Å². The first-order valence-corrected chi connectivity index (χ1v) is 14.8. The summed E-state index contributed by atoms with van der Waals surface area (Å²) >= 11 is 0. The molecule has 0 saturated heterocycles. The molecule has 2 rings (SSSR count). The molecule has 1 aromatic carbocycles. The van der Waals surface area contributed by atoms with E-state index in [1.165, 1.54) is 51.4 Å². The highest BCUT2D eigenvalue weighted by atomic mass is 31.2. The predicted octanol–water partition coefficient (Wildman–Crippen LogP) is 7.88. The van der Waals surface area contributed by atoms with Crippen molar-refractivity contribution in [2.45, 2.75) is 64.5 Å². The largest absolute Gasteiger partial charge is 0.367 e. The summed E-state index contributed by atoms with van der Waals surface area (Å²) in [6.07, 6.45) is 11.9. The van der Waals surface area contributed by atoms with Crippen LogP contribution in [0, 0.1) is 0 Å². The lowest BCUT2D eigenvalue weighted by Crippen LogP contribution is -2.00. The van der Waals surface area contributed by atoms with Gasteiger partial charge in [-0.2, -0.15) is 4.51 Å². The van der Waals surface area contributed by atoms with Gasteiger partial charge in [0.2, 0.25) is 0 Å². The highest BCUT2D eigenvalue weighted by Crippen LogP contribution is 2.30. The number of unbranched alkanes of at least 4 members (excludes halogenated alkanes) is 7. The van der Waals surface area contributed by atoms with Gasteiger partial charge in [0.25, 0.3) is 0 Å². The summed E-state index contributed by atoms with van der Waals surface area (Å²) in [6.45, 7) is 2.27. The van der Waals surface area contributed by atoms with Gasteiger partial charge in [0.05, 0.1) is 16.4 Å². The summed E-state index contributed by atoms with van der Waals surface area (Å²) in [5.74, 6) is 0.890. The van der Waals surface area contributed by atoms with E-state index in [1.54, 1.807) is 0 Å². The van der Waals surface area contributed by atoms with Crippen molar-refractivity contribution >= 4 is 41.9 Å². The van der Waals surface area contributed by atoms with Gasteiger partial charge in [0.1, 0.15) is 8.51 Å². The Kier molecular flexibility index (Phi) is 13.0. The molecule has 3 N–H and O–H groups in total. The van der Waals surface area contributed by atoms with Gasteiger partial charge in [-0.15, -0.1) is 4.26 Å². The van der Waals surface area contributed by atoms with Crippen molar-refractivity contribution in [2.24, 2.45) is 0 Å². The molecule has 2 aromatic rings. The molecule has 4 atom stereocenters. The van der Waals surface area contributed by atoms with Crippen molar-refractivity contribution in [3.63, 3.8) is 0 Å². The maximum absolute atomic E-state index is 6.20. The molecule has 0 spiro atoms. The van der Waals surface area contributed by atoms with Crippen LogP contribution in [0.15, 0.2) is 30.3 Å². The van der Waals surface area contributed by atoms with Crippen LogP contribution in [0.1, 0.15) is 58.3 Å². The Bertz CT molecular complexity index is 712. The zero-order valence-corrected chi connectivity index (χ0v) is 20.7. The number of nitrogens with zero attached hydrogens (tertiary/aromatic N) is 2. The highest BCUT2D eigenvalue weighted by Gasteiger charge is 2.01. The van der Waals surface area contributed by atoms with Crippen molar-refractivity contribution in [2.75, 3.05) is 0 Å². The van der Waals surface area contributed by atoms with Gasteiger partial charge in [0, 0.05) is 23.2 Å². The number of aryl methyl sites for hydroxylation is 1. The first-order chi connectivity index (χ1) is 13.4. The van der Waals surface area contributed by atoms with Gasteiger partial charge in [-0.1, -0.05) is 70.1 Å². The molecule has 0 saturated carbocycles. The van der Waals surface area contributed by atoms with Crippen LogP contribution >= 0.6 is 41.9 Å². The minimum absolute atomic E-state index is 0.427. The Balaban J connectivity index is 1.99. The van der Waals surface area contributed by atoms with Crippen molar-refractivity contribution in [3.05, 3.63) is 30.3 Å². The summed E-state index contributed by atoms with van der Waals surface area (Å²) in [6, 6.07) is 10.1. The molecule has 1 heterocycles. The van der Waals surface area contributed by atoms with Gasteiger partial charge in [0.15, 0.2) is 5.75 Å². The van der Waals surface area contributed by atoms with Gasteiger partial charge >= 0.3 is 0 Å². The number of hydrogen-bond acceptors (Lipinski definition) is 2. The van der Waals surface area contributed by atoms with E-state index in [4.69, 9.17) is 4.84 Å². The van der Waals surface area contributed by atoms with E-state index >= 15 is 0 Å². The molecule has 0 radical (unpaired) electrons. The molecule has 152 valence electrons. The van der Waals surface area contributed by atoms with Crippen molar-refractivity contribution < 1.29 is 4.84 Å². The van der Waals surface area contributed by atoms with Crippen LogP contribution in [-0.2, 0) is 6.16 Å². The van der Waals surface area contributed by atoms with E-state index in [0.29, 0.717) is 25.5 Å². The van der Waals surface area contributed by atoms with E-state index in [2.05, 4.69) is 29.2 Å². The fourth-order valence-electron chi connectivity index (χ4n) is 2.55. The number of aromatic amines is 3. The summed E-state index contributed by atoms with van der Waals surface area (Å²) in [5.41, 5.74) is 0. The molecule has 0 aliphatic rings. The van der Waals surface area contributed by atoms with E-state index in [0.717, 1.165) is 20.4 Å². The van der Waals surface area contributed by atoms with Crippen LogP contribution in [0.5, 0.6) is 5.75 Å². The lowest BCUT2D eigenvalue weighted by Gasteiger charge is -2.12. The predicted molar refractivity (Wildman–Crippen MR) is 127 cm³/mol. The number of nitrogens with one attached hydrogen (secondary N) is 3. The molecule has 6 nitrogen and oxygen atoms in total. The third-order valence-electron chi connectivity index (χ3n) is 3.97. The van der Waals surface area contributed by atoms with Gasteiger partial charge in [-0.3, -0.25) is 4.51 Å². The molecule has 0 aliphatic heterocycles. The lowest BCUT2D eigenvalue weighted by molar-refractivity contribution is 0.274. The van der Waals surface area contributed by atoms with Crippen LogP contribution in [0.2, 0.25) is 0 Å². The van der Waals surface area contributed by atoms with Crippen LogP contribution in [0.4, 0.5) is 0 Å². The fourth-order valence-corrected chi connectivity index (χ4v) is 9.45. The Hall–Kier alpha value is -0.480. The normalized spacial score (nSPS) is 12.1. The Morgan fingerprint density at radius 1 is 1.04 bits per heavy atom. The fraction of sp³-hybridized carbons (Fsp3) is 0.625. The van der Waals surface area contributed by atoms with E-state index in [9.17, 15) is 0 Å². The van der Waals surface area contributed by atoms with Gasteiger partial charge in [-0.05, 0) is 18.6 Å². The summed E-state index contributed by atoms with van der Waals surface area (Å²) in [5, 5.41) is 0. The summed E-state index contributed by atoms with van der Waals surface area (Å²) in [4.78, 5) is 6.20. The van der Waals surface area contributed by atoms with Crippen LogP contribution in [0.25, 0.3) is 0 Å². The number of H-pyrrole nitrogens is 3. The third kappa shape index (κ3) is 10.6. The number of aromatic nitrogens is 5. The Labute approximate surface area is 169 Å². The number of benzene rings is 1. The second-order valence-electron chi connectivity index (χ2n) is 6.17. The first kappa shape index (κ1) is 22.8. The highest BCUT2D eigenvalue weighted by molar-refractivity contribution is 7.51. The molecule has 0 fully saturated rings. The number of hydrogen-bond donors (Lipinski definition) is 3. The second kappa shape index (κ2) is 15.4. The van der Waals surface area contributed by atoms with E-state index < -0.39 is 7.85 Å². The van der Waals surface area contributed by atoms with Crippen LogP contribution in [0.3, 0.4) is 0 Å². The standard InChI is InChI=1S/C16H32N5OP5/c1-2-3-4-5-6-7-8-12-15-27-20-25-18-23-17-24-19-26-21(27)22-16-13-10-9-11-14-16/h9-11,13-14,17,19,23-24,26H,2-8,12,15H2,1H3,(H,18,20). The second-order valence-corrected chi connectivity index (χ2v) is 13.1. The van der Waals surface area contributed by atoms with E-state index in [1.807, 2.05) is 30.3 Å². The average molecular weight is 465 g/mol. The van der Waals surface area contributed by atoms with Crippen LogP contribution < -0.4 is 4.84 Å². The lowest BCUT2D eigenvalue weighted by atomic mass is 10.1. The summed E-state index contributed by atoms with van der Waals surface area (Å²) in [7, 11) is 1.76. The number of para-hydroxylation sites is 1. The molecular weight excluding hydrogens is 433 g/mol. The molecule has 0 aliphatic carbocycles. The first-order valence-electron chi connectivity index (χ1n) is 9.62. The SMILES string of the molecule is CCCCCCCCCCp1[nH]pn[pH][nH][pH][nH][pH]n1Oc1ccccc1. The maximum atomic E-state index is 6.20. The number of rotatable bonds is 11. The van der Waals surface area contributed by atoms with Crippen molar-refractivity contribution in [1.29, 1.82) is 0 Å². The molecular formula is C16H32N5OP5. The smallest absolute Gasteiger partial charge is 0.156 e. The van der Waals surface area contributed by atoms with Crippen LogP contribution in [-0.4, -0.2) is 22.3 Å². The molecule has 11 heteroatoms. The maximum Gasteiger partial charge on any atom is 0.156 e. The third-order valence-corrected chi connectivity index (χ3v) is 10.5. The van der Waals surface area contributed by atoms with Gasteiger partial charge < -0.3 is 13.9 Å². The minimum atomic E-state index is -0.576. The Morgan fingerprint density at radius 2 is 1.78 bits per heavy atom. The Morgan fingerprint density at radius 3 is 2.56 bits per heavy atom. The quantitative estimate of drug-likeness (QED) is 0.295. The minimum Gasteiger partial charge on any atom is -0.367 e. The summed E-state index contributed by atoms with van der Waals surface area (Å²) < 4.78 is 16.9. The van der Waals surface area contributed by atoms with Crippen molar-refractivity contribution in [1.82, 2.24) is 22.3 Å². The van der Waals surface area contributed by atoms with Crippen molar-refractivity contribution in [3.8, 4) is 5.75 Å². The van der Waals surface area contributed by atoms with E-state index in [-0.39, 0.29) is 0 Å². The topological polar surface area (TPSA) is 74.4 Å². The molecule has 27 heavy (non-hydrogen) atoms. The zero-order chi connectivity index (χ0) is 19.0. The molecule has 0 bridgehead atoms. The molecule has 4 unspecified atom stereocenters. The zero-order valence-electron chi connectivity index (χ0n) is 15.9. The molecule has 1 aromatic heterocycles. The molecule has 0 amide bonds. The average Bonchev–Trinajstić information content (AvgIpc) is 2.70.